The van der Waals surface area contributed by atoms with E-state index in [1.54, 1.807) is 19.2 Å². The number of benzene rings is 1. The van der Waals surface area contributed by atoms with Gasteiger partial charge in [0.1, 0.15) is 6.61 Å². The van der Waals surface area contributed by atoms with Gasteiger partial charge in [-0.25, -0.2) is 0 Å². The number of nitrogens with zero attached hydrogens (tertiary/aromatic N) is 4. The Morgan fingerprint density at radius 3 is 2.95 bits per heavy atom. The molecule has 7 heteroatoms. The molecule has 0 saturated carbocycles. The Balaban J connectivity index is 2.29. The zero-order valence-corrected chi connectivity index (χ0v) is 11.1. The van der Waals surface area contributed by atoms with Crippen molar-refractivity contribution < 1.29 is 9.90 Å². The van der Waals surface area contributed by atoms with Crippen LogP contribution in [-0.2, 0) is 7.05 Å². The molecule has 1 amide bonds. The Morgan fingerprint density at radius 2 is 2.30 bits per heavy atom. The molecule has 0 aliphatic rings. The summed E-state index contributed by atoms with van der Waals surface area (Å²) in [5, 5.41) is 22.5. The predicted octanol–water partition coefficient (Wildman–Crippen LogP) is 0.115. The van der Waals surface area contributed by atoms with Crippen LogP contribution in [0, 0.1) is 18.8 Å². The van der Waals surface area contributed by atoms with Crippen molar-refractivity contribution in [1.82, 2.24) is 20.2 Å². The second-order valence-electron chi connectivity index (χ2n) is 4.07. The van der Waals surface area contributed by atoms with Crippen LogP contribution < -0.4 is 5.32 Å². The number of rotatable bonds is 2. The van der Waals surface area contributed by atoms with Crippen LogP contribution in [0.1, 0.15) is 21.5 Å². The van der Waals surface area contributed by atoms with Crippen molar-refractivity contribution in [3.8, 4) is 11.8 Å². The summed E-state index contributed by atoms with van der Waals surface area (Å²) in [6.07, 6.45) is 0. The van der Waals surface area contributed by atoms with Crippen molar-refractivity contribution in [2.24, 2.45) is 7.05 Å². The molecule has 0 unspecified atom stereocenters. The number of carbonyl (C=O) groups is 1. The van der Waals surface area contributed by atoms with Crippen LogP contribution in [0.25, 0.3) is 0 Å². The summed E-state index contributed by atoms with van der Waals surface area (Å²) in [6, 6.07) is 5.26. The molecule has 0 bridgehead atoms. The maximum absolute atomic E-state index is 12.2. The minimum absolute atomic E-state index is 0.124. The number of aliphatic hydroxyl groups is 1. The van der Waals surface area contributed by atoms with Crippen molar-refractivity contribution in [2.45, 2.75) is 6.92 Å². The zero-order chi connectivity index (χ0) is 14.5. The van der Waals surface area contributed by atoms with Crippen LogP contribution in [-0.4, -0.2) is 37.8 Å². The van der Waals surface area contributed by atoms with Crippen LogP contribution in [0.15, 0.2) is 18.2 Å². The van der Waals surface area contributed by atoms with E-state index in [1.807, 2.05) is 13.0 Å². The molecule has 7 nitrogen and oxygen atoms in total. The van der Waals surface area contributed by atoms with E-state index in [9.17, 15) is 4.79 Å². The number of carbonyl (C=O) groups excluding carboxylic acids is 1. The van der Waals surface area contributed by atoms with E-state index >= 15 is 0 Å². The molecular formula is C13H13N5O2. The maximum atomic E-state index is 12.2. The highest BCUT2D eigenvalue weighted by atomic mass is 16.2. The Morgan fingerprint density at radius 1 is 1.50 bits per heavy atom. The number of aryl methyl sites for hydroxylation is 2. The summed E-state index contributed by atoms with van der Waals surface area (Å²) >= 11 is 0. The molecular weight excluding hydrogens is 258 g/mol. The van der Waals surface area contributed by atoms with E-state index in [0.29, 0.717) is 11.1 Å². The van der Waals surface area contributed by atoms with E-state index in [4.69, 9.17) is 5.11 Å². The number of amides is 1. The SMILES string of the molecule is Cc1ccc(C(=O)Nc2nnn(C)n2)c(C#CCO)c1. The first-order chi connectivity index (χ1) is 9.60. The molecule has 0 spiro atoms. The third-order valence-corrected chi connectivity index (χ3v) is 2.46. The average molecular weight is 271 g/mol. The van der Waals surface area contributed by atoms with Gasteiger partial charge in [-0.1, -0.05) is 23.0 Å². The van der Waals surface area contributed by atoms with Crippen LogP contribution in [0.5, 0.6) is 0 Å². The molecule has 2 rings (SSSR count). The lowest BCUT2D eigenvalue weighted by Gasteiger charge is -2.04. The normalized spacial score (nSPS) is 9.75. The zero-order valence-electron chi connectivity index (χ0n) is 11.1. The number of anilines is 1. The Bertz CT molecular complexity index is 696. The number of aliphatic hydroxyl groups excluding tert-OH is 1. The number of hydrogen-bond acceptors (Lipinski definition) is 5. The van der Waals surface area contributed by atoms with Crippen LogP contribution in [0.3, 0.4) is 0 Å². The predicted molar refractivity (Wildman–Crippen MR) is 71.9 cm³/mol. The van der Waals surface area contributed by atoms with Crippen LogP contribution in [0.2, 0.25) is 0 Å². The van der Waals surface area contributed by atoms with Crippen LogP contribution in [0.4, 0.5) is 5.95 Å². The average Bonchev–Trinajstić information content (AvgIpc) is 2.81. The number of tetrazole rings is 1. The highest BCUT2D eigenvalue weighted by Crippen LogP contribution is 2.12. The number of aromatic nitrogens is 4. The van der Waals surface area contributed by atoms with Crippen LogP contribution >= 0.6 is 0 Å². The number of nitrogens with one attached hydrogen (secondary N) is 1. The van der Waals surface area contributed by atoms with E-state index in [-0.39, 0.29) is 18.5 Å². The summed E-state index contributed by atoms with van der Waals surface area (Å²) < 4.78 is 0. The van der Waals surface area contributed by atoms with Gasteiger partial charge in [0.15, 0.2) is 0 Å². The molecule has 0 radical (unpaired) electrons. The third-order valence-electron chi connectivity index (χ3n) is 2.46. The first kappa shape index (κ1) is 13.7. The summed E-state index contributed by atoms with van der Waals surface area (Å²) in [5.41, 5.74) is 1.91. The van der Waals surface area contributed by atoms with Crippen molar-refractivity contribution in [1.29, 1.82) is 0 Å². The molecule has 2 aromatic rings. The molecule has 1 heterocycles. The smallest absolute Gasteiger partial charge is 0.270 e. The number of hydrogen-bond donors (Lipinski definition) is 2. The molecule has 0 atom stereocenters. The second kappa shape index (κ2) is 5.95. The molecule has 0 fully saturated rings. The topological polar surface area (TPSA) is 92.9 Å². The summed E-state index contributed by atoms with van der Waals surface area (Å²) in [5.74, 6) is 5.04. The van der Waals surface area contributed by atoms with Crippen molar-refractivity contribution in [3.05, 3.63) is 34.9 Å². The molecule has 0 saturated heterocycles. The Labute approximate surface area is 115 Å². The lowest BCUT2D eigenvalue weighted by molar-refractivity contribution is 0.102. The Hall–Kier alpha value is -2.72. The highest BCUT2D eigenvalue weighted by Gasteiger charge is 2.13. The molecule has 0 aliphatic carbocycles. The van der Waals surface area contributed by atoms with Gasteiger partial charge in [-0.2, -0.15) is 4.80 Å². The lowest BCUT2D eigenvalue weighted by atomic mass is 10.0. The van der Waals surface area contributed by atoms with Gasteiger partial charge in [0, 0.05) is 5.56 Å². The minimum Gasteiger partial charge on any atom is -0.384 e. The fourth-order valence-electron chi connectivity index (χ4n) is 1.60. The largest absolute Gasteiger partial charge is 0.384 e. The van der Waals surface area contributed by atoms with Gasteiger partial charge >= 0.3 is 0 Å². The fraction of sp³-hybridized carbons (Fsp3) is 0.231. The molecule has 102 valence electrons. The maximum Gasteiger partial charge on any atom is 0.270 e. The van der Waals surface area contributed by atoms with E-state index in [2.05, 4.69) is 32.6 Å². The molecule has 1 aromatic carbocycles. The van der Waals surface area contributed by atoms with Crippen molar-refractivity contribution >= 4 is 11.9 Å². The molecule has 1 aromatic heterocycles. The first-order valence-corrected chi connectivity index (χ1v) is 5.86. The van der Waals surface area contributed by atoms with Gasteiger partial charge in [-0.05, 0) is 29.8 Å². The monoisotopic (exact) mass is 271 g/mol. The third kappa shape index (κ3) is 3.18. The second-order valence-corrected chi connectivity index (χ2v) is 4.07. The first-order valence-electron chi connectivity index (χ1n) is 5.86. The molecule has 0 aliphatic heterocycles. The highest BCUT2D eigenvalue weighted by molar-refractivity contribution is 6.05. The Kier molecular flexibility index (Phi) is 4.08. The van der Waals surface area contributed by atoms with Crippen molar-refractivity contribution in [3.63, 3.8) is 0 Å². The summed E-state index contributed by atoms with van der Waals surface area (Å²) in [7, 11) is 1.60. The minimum atomic E-state index is -0.375. The molecule has 20 heavy (non-hydrogen) atoms. The van der Waals surface area contributed by atoms with Gasteiger partial charge in [0.25, 0.3) is 11.9 Å². The van der Waals surface area contributed by atoms with Crippen molar-refractivity contribution in [2.75, 3.05) is 11.9 Å². The van der Waals surface area contributed by atoms with Gasteiger partial charge < -0.3 is 5.11 Å². The summed E-state index contributed by atoms with van der Waals surface area (Å²) in [4.78, 5) is 13.4. The van der Waals surface area contributed by atoms with E-state index < -0.39 is 0 Å². The quantitative estimate of drug-likeness (QED) is 0.756. The van der Waals surface area contributed by atoms with Gasteiger partial charge in [0.05, 0.1) is 12.6 Å². The van der Waals surface area contributed by atoms with Gasteiger partial charge in [-0.15, -0.1) is 5.10 Å². The van der Waals surface area contributed by atoms with Gasteiger partial charge in [-0.3, -0.25) is 10.1 Å². The standard InChI is InChI=1S/C13H13N5O2/c1-9-5-6-11(10(8-9)4-3-7-19)12(20)14-13-15-17-18(2)16-13/h5-6,8,19H,7H2,1-2H3,(H,14,16,20). The lowest BCUT2D eigenvalue weighted by Crippen LogP contribution is -2.15. The fourth-order valence-corrected chi connectivity index (χ4v) is 1.60. The van der Waals surface area contributed by atoms with E-state index in [1.165, 1.54) is 4.80 Å². The summed E-state index contributed by atoms with van der Waals surface area (Å²) in [6.45, 7) is 1.64. The van der Waals surface area contributed by atoms with Gasteiger partial charge in [0.2, 0.25) is 0 Å². The molecule has 2 N–H and O–H groups in total. The van der Waals surface area contributed by atoms with E-state index in [0.717, 1.165) is 5.56 Å².